The van der Waals surface area contributed by atoms with Crippen molar-refractivity contribution in [3.8, 4) is 23.0 Å². The Kier molecular flexibility index (Phi) is 4.48. The van der Waals surface area contributed by atoms with Crippen LogP contribution in [0.1, 0.15) is 32.6 Å². The molecule has 3 heterocycles. The summed E-state index contributed by atoms with van der Waals surface area (Å²) in [5, 5.41) is 10.8. The van der Waals surface area contributed by atoms with Crippen LogP contribution in [0.3, 0.4) is 0 Å². The van der Waals surface area contributed by atoms with Crippen molar-refractivity contribution < 1.29 is 13.2 Å². The second-order valence-corrected chi connectivity index (χ2v) is 9.03. The molecule has 3 fully saturated rings. The Bertz CT molecular complexity index is 1280. The first kappa shape index (κ1) is 19.4. The maximum Gasteiger partial charge on any atom is 0.180 e. The molecular weight excluding hydrogens is 412 g/mol. The Hall–Kier alpha value is -3.29. The van der Waals surface area contributed by atoms with Crippen LogP contribution in [-0.2, 0) is 0 Å². The average molecular weight is 435 g/mol. The number of nitrogens with one attached hydrogen (secondary N) is 2. The van der Waals surface area contributed by atoms with Gasteiger partial charge < -0.3 is 9.73 Å². The predicted molar refractivity (Wildman–Crippen MR) is 117 cm³/mol. The molecule has 0 saturated heterocycles. The van der Waals surface area contributed by atoms with E-state index in [1.165, 1.54) is 31.7 Å². The zero-order valence-corrected chi connectivity index (χ0v) is 17.6. The highest BCUT2D eigenvalue weighted by Gasteiger charge is 2.41. The van der Waals surface area contributed by atoms with Crippen molar-refractivity contribution in [1.82, 2.24) is 20.2 Å². The van der Waals surface area contributed by atoms with Gasteiger partial charge in [0.15, 0.2) is 17.4 Å². The topological polar surface area (TPSA) is 79.6 Å². The van der Waals surface area contributed by atoms with Gasteiger partial charge in [0.1, 0.15) is 28.5 Å². The van der Waals surface area contributed by atoms with E-state index in [1.807, 2.05) is 12.1 Å². The lowest BCUT2D eigenvalue weighted by molar-refractivity contribution is 0.0928. The van der Waals surface area contributed by atoms with Crippen LogP contribution >= 0.6 is 0 Å². The van der Waals surface area contributed by atoms with Crippen molar-refractivity contribution in [2.24, 2.45) is 17.8 Å². The zero-order valence-electron chi connectivity index (χ0n) is 17.6. The molecule has 6 nitrogen and oxygen atoms in total. The first-order chi connectivity index (χ1) is 15.6. The monoisotopic (exact) mass is 435 g/mol. The van der Waals surface area contributed by atoms with E-state index in [4.69, 9.17) is 9.40 Å². The lowest BCUT2D eigenvalue weighted by atomic mass is 9.62. The molecule has 3 saturated carbocycles. The molecule has 8 heteroatoms. The molecule has 32 heavy (non-hydrogen) atoms. The summed E-state index contributed by atoms with van der Waals surface area (Å²) < 4.78 is 33.7. The van der Waals surface area contributed by atoms with Gasteiger partial charge in [-0.05, 0) is 61.6 Å². The number of furan rings is 1. The van der Waals surface area contributed by atoms with Crippen LogP contribution in [0, 0.1) is 29.4 Å². The van der Waals surface area contributed by atoms with Gasteiger partial charge in [0.05, 0.1) is 6.26 Å². The van der Waals surface area contributed by atoms with Gasteiger partial charge in [0.2, 0.25) is 0 Å². The Balaban J connectivity index is 1.46. The molecule has 0 spiro atoms. The normalized spacial score (nSPS) is 24.8. The molecule has 164 valence electrons. The van der Waals surface area contributed by atoms with Gasteiger partial charge >= 0.3 is 0 Å². The number of aromatic nitrogens is 4. The summed E-state index contributed by atoms with van der Waals surface area (Å²) in [5.74, 6) is 2.09. The van der Waals surface area contributed by atoms with Gasteiger partial charge in [-0.3, -0.25) is 5.10 Å². The highest BCUT2D eigenvalue weighted by molar-refractivity contribution is 5.92. The third-order valence-electron chi connectivity index (χ3n) is 7.25. The fourth-order valence-corrected chi connectivity index (χ4v) is 5.57. The lowest BCUT2D eigenvalue weighted by Crippen LogP contribution is -2.47. The van der Waals surface area contributed by atoms with E-state index in [-0.39, 0.29) is 5.52 Å². The average Bonchev–Trinajstić information content (AvgIpc) is 3.47. The number of benzene rings is 1. The SMILES string of the molecule is C[C@@H]1C2CCC(CC2)[C@H]1Nc1cc(-c2ccco2)nc(-c2[nH]nc3c(F)cc(F)cc23)n1. The maximum atomic E-state index is 14.2. The summed E-state index contributed by atoms with van der Waals surface area (Å²) in [4.78, 5) is 9.35. The summed E-state index contributed by atoms with van der Waals surface area (Å²) in [7, 11) is 0. The highest BCUT2D eigenvalue weighted by Crippen LogP contribution is 2.46. The van der Waals surface area contributed by atoms with Gasteiger partial charge in [-0.2, -0.15) is 5.10 Å². The number of H-pyrrole nitrogens is 1. The van der Waals surface area contributed by atoms with Crippen molar-refractivity contribution >= 4 is 16.7 Å². The minimum absolute atomic E-state index is 0.0566. The van der Waals surface area contributed by atoms with E-state index in [2.05, 4.69) is 27.4 Å². The molecule has 0 amide bonds. The fourth-order valence-electron chi connectivity index (χ4n) is 5.57. The Morgan fingerprint density at radius 1 is 1.06 bits per heavy atom. The van der Waals surface area contributed by atoms with Crippen molar-refractivity contribution in [1.29, 1.82) is 0 Å². The van der Waals surface area contributed by atoms with Gasteiger partial charge in [-0.1, -0.05) is 6.92 Å². The molecule has 0 unspecified atom stereocenters. The van der Waals surface area contributed by atoms with E-state index in [1.54, 1.807) is 12.3 Å². The van der Waals surface area contributed by atoms with Crippen molar-refractivity contribution in [3.63, 3.8) is 0 Å². The molecule has 1 aromatic carbocycles. The molecule has 3 aromatic heterocycles. The fraction of sp³-hybridized carbons (Fsp3) is 0.375. The van der Waals surface area contributed by atoms with Crippen LogP contribution in [-0.4, -0.2) is 26.2 Å². The minimum Gasteiger partial charge on any atom is -0.463 e. The van der Waals surface area contributed by atoms with E-state index < -0.39 is 11.6 Å². The van der Waals surface area contributed by atoms with E-state index in [0.717, 1.165) is 12.0 Å². The van der Waals surface area contributed by atoms with Crippen LogP contribution in [0.15, 0.2) is 41.0 Å². The molecule has 7 rings (SSSR count). The summed E-state index contributed by atoms with van der Waals surface area (Å²) >= 11 is 0. The Labute approximate surface area is 183 Å². The molecule has 2 N–H and O–H groups in total. The first-order valence-corrected chi connectivity index (χ1v) is 11.1. The Morgan fingerprint density at radius 2 is 1.88 bits per heavy atom. The van der Waals surface area contributed by atoms with Gasteiger partial charge in [-0.25, -0.2) is 18.7 Å². The quantitative estimate of drug-likeness (QED) is 0.424. The molecule has 3 aliphatic carbocycles. The van der Waals surface area contributed by atoms with Crippen LogP contribution in [0.4, 0.5) is 14.6 Å². The minimum atomic E-state index is -0.727. The lowest BCUT2D eigenvalue weighted by Gasteiger charge is -2.47. The van der Waals surface area contributed by atoms with Gasteiger partial charge in [0, 0.05) is 23.6 Å². The number of anilines is 1. The standard InChI is InChI=1S/C24H23F2N5O/c1-12-13-4-6-14(7-5-13)21(12)28-20-11-18(19-3-2-8-32-19)27-24(29-20)23-16-9-15(25)10-17(26)22(16)30-31-23/h2-3,8-14,21H,4-7H2,1H3,(H,30,31)(H,27,28,29)/t12-,13?,14?,21+/m1/s1. The molecular formula is C24H23F2N5O. The number of hydrogen-bond acceptors (Lipinski definition) is 5. The molecule has 3 aliphatic rings. The maximum absolute atomic E-state index is 14.2. The predicted octanol–water partition coefficient (Wildman–Crippen LogP) is 5.79. The highest BCUT2D eigenvalue weighted by atomic mass is 19.1. The Morgan fingerprint density at radius 3 is 2.62 bits per heavy atom. The van der Waals surface area contributed by atoms with Crippen LogP contribution < -0.4 is 5.32 Å². The third-order valence-corrected chi connectivity index (χ3v) is 7.25. The number of fused-ring (bicyclic) bond motifs is 4. The molecule has 2 bridgehead atoms. The second kappa shape index (κ2) is 7.39. The summed E-state index contributed by atoms with van der Waals surface area (Å²) in [6, 6.07) is 7.89. The second-order valence-electron chi connectivity index (χ2n) is 9.03. The van der Waals surface area contributed by atoms with Crippen molar-refractivity contribution in [2.75, 3.05) is 5.32 Å². The number of halogens is 2. The van der Waals surface area contributed by atoms with E-state index in [9.17, 15) is 8.78 Å². The van der Waals surface area contributed by atoms with E-state index in [0.29, 0.717) is 52.1 Å². The molecule has 2 atom stereocenters. The summed E-state index contributed by atoms with van der Waals surface area (Å²) in [5.41, 5.74) is 1.02. The third kappa shape index (κ3) is 3.16. The number of hydrogen-bond donors (Lipinski definition) is 2. The van der Waals surface area contributed by atoms with Crippen LogP contribution in [0.25, 0.3) is 33.9 Å². The summed E-state index contributed by atoms with van der Waals surface area (Å²) in [6.07, 6.45) is 6.66. The number of nitrogens with zero attached hydrogens (tertiary/aromatic N) is 3. The van der Waals surface area contributed by atoms with Gasteiger partial charge in [-0.15, -0.1) is 0 Å². The zero-order chi connectivity index (χ0) is 21.8. The molecule has 4 aromatic rings. The number of rotatable bonds is 4. The van der Waals surface area contributed by atoms with Crippen molar-refractivity contribution in [3.05, 3.63) is 48.2 Å². The van der Waals surface area contributed by atoms with Gasteiger partial charge in [0.25, 0.3) is 0 Å². The van der Waals surface area contributed by atoms with Crippen LogP contribution in [0.2, 0.25) is 0 Å². The van der Waals surface area contributed by atoms with Crippen LogP contribution in [0.5, 0.6) is 0 Å². The van der Waals surface area contributed by atoms with E-state index >= 15 is 0 Å². The molecule has 0 radical (unpaired) electrons. The first-order valence-electron chi connectivity index (χ1n) is 11.1. The summed E-state index contributed by atoms with van der Waals surface area (Å²) in [6.45, 7) is 2.32. The smallest absolute Gasteiger partial charge is 0.180 e. The van der Waals surface area contributed by atoms with Crippen molar-refractivity contribution in [2.45, 2.75) is 38.6 Å². The number of aromatic amines is 1. The molecule has 0 aliphatic heterocycles. The largest absolute Gasteiger partial charge is 0.463 e.